The van der Waals surface area contributed by atoms with Crippen LogP contribution < -0.4 is 4.74 Å². The van der Waals surface area contributed by atoms with E-state index in [0.29, 0.717) is 31.3 Å². The molecular formula is C18H19BrClNO3. The van der Waals surface area contributed by atoms with Gasteiger partial charge in [0.2, 0.25) is 0 Å². The first kappa shape index (κ1) is 17.7. The van der Waals surface area contributed by atoms with Crippen LogP contribution in [-0.4, -0.2) is 40.4 Å². The van der Waals surface area contributed by atoms with Gasteiger partial charge in [-0.1, -0.05) is 39.7 Å². The normalized spacial score (nSPS) is 21.2. The van der Waals surface area contributed by atoms with Crippen LogP contribution in [0.3, 0.4) is 0 Å². The highest BCUT2D eigenvalue weighted by Crippen LogP contribution is 2.27. The molecule has 1 saturated heterocycles. The van der Waals surface area contributed by atoms with Gasteiger partial charge in [-0.15, -0.1) is 0 Å². The van der Waals surface area contributed by atoms with Crippen LogP contribution in [0.15, 0.2) is 46.9 Å². The molecule has 0 saturated carbocycles. The second-order valence-electron chi connectivity index (χ2n) is 6.00. The van der Waals surface area contributed by atoms with Gasteiger partial charge in [0.25, 0.3) is 0 Å². The number of β-amino-alcohol motifs (C(OH)–C–C–N with tert-alkyl or cyclic N) is 2. The number of aliphatic hydroxyl groups is 2. The number of hydrogen-bond acceptors (Lipinski definition) is 4. The zero-order valence-electron chi connectivity index (χ0n) is 13.0. The van der Waals surface area contributed by atoms with Gasteiger partial charge in [0.05, 0.1) is 12.2 Å². The maximum absolute atomic E-state index is 9.70. The second kappa shape index (κ2) is 7.85. The summed E-state index contributed by atoms with van der Waals surface area (Å²) >= 11 is 9.38. The average Bonchev–Trinajstić information content (AvgIpc) is 2.86. The minimum absolute atomic E-state index is 0.455. The van der Waals surface area contributed by atoms with Crippen LogP contribution in [0.25, 0.3) is 0 Å². The first-order valence-electron chi connectivity index (χ1n) is 7.75. The van der Waals surface area contributed by atoms with Crippen LogP contribution >= 0.6 is 27.5 Å². The monoisotopic (exact) mass is 411 g/mol. The lowest BCUT2D eigenvalue weighted by atomic mass is 10.2. The number of hydrogen-bond donors (Lipinski definition) is 2. The lowest BCUT2D eigenvalue weighted by Crippen LogP contribution is -2.22. The number of ether oxygens (including phenoxy) is 1. The average molecular weight is 413 g/mol. The van der Waals surface area contributed by atoms with Gasteiger partial charge in [-0.25, -0.2) is 0 Å². The van der Waals surface area contributed by atoms with Crippen LogP contribution in [0.2, 0.25) is 5.02 Å². The van der Waals surface area contributed by atoms with Gasteiger partial charge in [-0.05, 0) is 35.9 Å². The number of aliphatic hydroxyl groups excluding tert-OH is 2. The van der Waals surface area contributed by atoms with Gasteiger partial charge in [-0.2, -0.15) is 0 Å². The standard InChI is InChI=1S/C18H19BrClNO3/c19-14-3-6-18(24-11-12-1-4-15(20)5-2-12)13(7-14)8-21-9-16(22)17(23)10-21/h1-7,16-17,22-23H,8-11H2. The van der Waals surface area contributed by atoms with Crippen molar-refractivity contribution in [2.75, 3.05) is 13.1 Å². The van der Waals surface area contributed by atoms with Crippen LogP contribution in [0, 0.1) is 0 Å². The Morgan fingerprint density at radius 2 is 1.75 bits per heavy atom. The molecule has 0 bridgehead atoms. The van der Waals surface area contributed by atoms with E-state index in [2.05, 4.69) is 15.9 Å². The van der Waals surface area contributed by atoms with E-state index in [4.69, 9.17) is 16.3 Å². The number of halogens is 2. The molecule has 2 unspecified atom stereocenters. The molecule has 1 aliphatic heterocycles. The van der Waals surface area contributed by atoms with E-state index >= 15 is 0 Å². The minimum Gasteiger partial charge on any atom is -0.489 e. The van der Waals surface area contributed by atoms with Gasteiger partial charge >= 0.3 is 0 Å². The van der Waals surface area contributed by atoms with Crippen LogP contribution in [0.4, 0.5) is 0 Å². The highest BCUT2D eigenvalue weighted by Gasteiger charge is 2.29. The summed E-state index contributed by atoms with van der Waals surface area (Å²) in [6, 6.07) is 13.4. The Balaban J connectivity index is 1.69. The SMILES string of the molecule is OC1CN(Cc2cc(Br)ccc2OCc2ccc(Cl)cc2)CC1O. The largest absolute Gasteiger partial charge is 0.489 e. The molecule has 1 heterocycles. The molecule has 4 nitrogen and oxygen atoms in total. The molecule has 0 amide bonds. The van der Waals surface area contributed by atoms with Crippen molar-refractivity contribution in [3.05, 3.63) is 63.1 Å². The Labute approximate surface area is 154 Å². The topological polar surface area (TPSA) is 52.9 Å². The molecule has 6 heteroatoms. The number of rotatable bonds is 5. The van der Waals surface area contributed by atoms with Crippen molar-refractivity contribution in [2.24, 2.45) is 0 Å². The predicted octanol–water partition coefficient (Wildman–Crippen LogP) is 3.22. The van der Waals surface area contributed by atoms with Gasteiger partial charge in [0, 0.05) is 34.7 Å². The molecular weight excluding hydrogens is 394 g/mol. The Hall–Kier alpha value is -1.11. The van der Waals surface area contributed by atoms with Crippen molar-refractivity contribution >= 4 is 27.5 Å². The number of nitrogens with zero attached hydrogens (tertiary/aromatic N) is 1. The summed E-state index contributed by atoms with van der Waals surface area (Å²) in [7, 11) is 0. The number of benzene rings is 2. The summed E-state index contributed by atoms with van der Waals surface area (Å²) in [6.07, 6.45) is -1.37. The second-order valence-corrected chi connectivity index (χ2v) is 7.35. The first-order chi connectivity index (χ1) is 11.5. The van der Waals surface area contributed by atoms with E-state index in [9.17, 15) is 10.2 Å². The Morgan fingerprint density at radius 3 is 2.42 bits per heavy atom. The fraction of sp³-hybridized carbons (Fsp3) is 0.333. The van der Waals surface area contributed by atoms with E-state index < -0.39 is 12.2 Å². The molecule has 2 atom stereocenters. The van der Waals surface area contributed by atoms with Gasteiger partial charge in [-0.3, -0.25) is 4.90 Å². The fourth-order valence-corrected chi connectivity index (χ4v) is 3.31. The molecule has 2 aromatic carbocycles. The molecule has 1 aliphatic rings. The lowest BCUT2D eigenvalue weighted by molar-refractivity contribution is 0.0572. The fourth-order valence-electron chi connectivity index (χ4n) is 2.77. The molecule has 0 aromatic heterocycles. The third-order valence-corrected chi connectivity index (χ3v) is 4.80. The lowest BCUT2D eigenvalue weighted by Gasteiger charge is -2.18. The molecule has 2 N–H and O–H groups in total. The summed E-state index contributed by atoms with van der Waals surface area (Å²) < 4.78 is 6.94. The van der Waals surface area contributed by atoms with E-state index in [1.807, 2.05) is 47.4 Å². The molecule has 24 heavy (non-hydrogen) atoms. The van der Waals surface area contributed by atoms with E-state index in [-0.39, 0.29) is 0 Å². The third-order valence-electron chi connectivity index (χ3n) is 4.06. The van der Waals surface area contributed by atoms with Crippen molar-refractivity contribution < 1.29 is 14.9 Å². The maximum atomic E-state index is 9.70. The first-order valence-corrected chi connectivity index (χ1v) is 8.92. The Kier molecular flexibility index (Phi) is 5.79. The number of likely N-dealkylation sites (tertiary alicyclic amines) is 1. The van der Waals surface area contributed by atoms with Crippen LogP contribution in [0.1, 0.15) is 11.1 Å². The van der Waals surface area contributed by atoms with Gasteiger partial charge in [0.15, 0.2) is 0 Å². The molecule has 128 valence electrons. The highest BCUT2D eigenvalue weighted by molar-refractivity contribution is 9.10. The van der Waals surface area contributed by atoms with Crippen molar-refractivity contribution in [2.45, 2.75) is 25.4 Å². The molecule has 0 spiro atoms. The smallest absolute Gasteiger partial charge is 0.124 e. The van der Waals surface area contributed by atoms with Crippen molar-refractivity contribution in [1.82, 2.24) is 4.90 Å². The zero-order chi connectivity index (χ0) is 17.1. The highest BCUT2D eigenvalue weighted by atomic mass is 79.9. The van der Waals surface area contributed by atoms with Crippen molar-refractivity contribution in [3.63, 3.8) is 0 Å². The molecule has 0 radical (unpaired) electrons. The third kappa shape index (κ3) is 4.49. The van der Waals surface area contributed by atoms with Crippen LogP contribution in [0.5, 0.6) is 5.75 Å². The quantitative estimate of drug-likeness (QED) is 0.792. The van der Waals surface area contributed by atoms with Crippen molar-refractivity contribution in [1.29, 1.82) is 0 Å². The summed E-state index contributed by atoms with van der Waals surface area (Å²) in [5, 5.41) is 20.1. The summed E-state index contributed by atoms with van der Waals surface area (Å²) in [5.74, 6) is 0.795. The summed E-state index contributed by atoms with van der Waals surface area (Å²) in [6.45, 7) is 2.00. The van der Waals surface area contributed by atoms with E-state index in [1.165, 1.54) is 0 Å². The van der Waals surface area contributed by atoms with Crippen molar-refractivity contribution in [3.8, 4) is 5.75 Å². The molecule has 2 aromatic rings. The molecule has 3 rings (SSSR count). The predicted molar refractivity (Wildman–Crippen MR) is 97.2 cm³/mol. The minimum atomic E-state index is -0.685. The maximum Gasteiger partial charge on any atom is 0.124 e. The zero-order valence-corrected chi connectivity index (χ0v) is 15.4. The van der Waals surface area contributed by atoms with Gasteiger partial charge < -0.3 is 14.9 Å². The van der Waals surface area contributed by atoms with E-state index in [1.54, 1.807) is 0 Å². The van der Waals surface area contributed by atoms with Gasteiger partial charge in [0.1, 0.15) is 12.4 Å². The Morgan fingerprint density at radius 1 is 1.08 bits per heavy atom. The molecule has 1 fully saturated rings. The summed E-state index contributed by atoms with van der Waals surface area (Å²) in [4.78, 5) is 2.02. The Bertz CT molecular complexity index is 685. The van der Waals surface area contributed by atoms with E-state index in [0.717, 1.165) is 21.3 Å². The van der Waals surface area contributed by atoms with Crippen LogP contribution in [-0.2, 0) is 13.2 Å². The summed E-state index contributed by atoms with van der Waals surface area (Å²) in [5.41, 5.74) is 2.06. The molecule has 0 aliphatic carbocycles.